The van der Waals surface area contributed by atoms with Gasteiger partial charge < -0.3 is 4.90 Å². The summed E-state index contributed by atoms with van der Waals surface area (Å²) in [4.78, 5) is 34.0. The van der Waals surface area contributed by atoms with Crippen molar-refractivity contribution in [3.63, 3.8) is 0 Å². The molecule has 2 aliphatic rings. The summed E-state index contributed by atoms with van der Waals surface area (Å²) in [6.45, 7) is 3.50. The Morgan fingerprint density at radius 3 is 2.77 bits per heavy atom. The average molecular weight is 354 g/mol. The van der Waals surface area contributed by atoms with Crippen molar-refractivity contribution in [3.05, 3.63) is 40.4 Å². The molecule has 0 saturated carbocycles. The maximum atomic E-state index is 12.7. The molecule has 0 N–H and O–H groups in total. The zero-order valence-electron chi connectivity index (χ0n) is 15.4. The van der Waals surface area contributed by atoms with Crippen LogP contribution in [0.2, 0.25) is 0 Å². The van der Waals surface area contributed by atoms with Crippen molar-refractivity contribution in [2.45, 2.75) is 38.1 Å². The number of rotatable bonds is 4. The van der Waals surface area contributed by atoms with Gasteiger partial charge in [-0.05, 0) is 44.4 Å². The van der Waals surface area contributed by atoms with Gasteiger partial charge in [-0.3, -0.25) is 19.1 Å². The van der Waals surface area contributed by atoms with Gasteiger partial charge in [0.1, 0.15) is 5.82 Å². The molecule has 0 bridgehead atoms. The Balaban J connectivity index is 1.56. The summed E-state index contributed by atoms with van der Waals surface area (Å²) in [5.74, 6) is 1.12. The molecule has 1 atom stereocenters. The Hall–Kier alpha value is -2.21. The van der Waals surface area contributed by atoms with Crippen LogP contribution in [0.25, 0.3) is 10.9 Å². The molecule has 2 saturated heterocycles. The fourth-order valence-corrected chi connectivity index (χ4v) is 4.27. The van der Waals surface area contributed by atoms with Gasteiger partial charge in [0, 0.05) is 33.1 Å². The first-order chi connectivity index (χ1) is 12.6. The number of carbonyl (C=O) groups excluding carboxylic acids is 1. The molecular formula is C20H26N4O2. The highest BCUT2D eigenvalue weighted by atomic mass is 16.2. The highest BCUT2D eigenvalue weighted by Crippen LogP contribution is 2.30. The number of likely N-dealkylation sites (tertiary alicyclic amines) is 2. The van der Waals surface area contributed by atoms with Crippen LogP contribution in [0.4, 0.5) is 0 Å². The average Bonchev–Trinajstić information content (AvgIpc) is 3.12. The number of hydrogen-bond donors (Lipinski definition) is 0. The molecule has 2 aromatic rings. The molecule has 2 fully saturated rings. The zero-order valence-corrected chi connectivity index (χ0v) is 15.4. The van der Waals surface area contributed by atoms with Crippen LogP contribution in [0.15, 0.2) is 29.1 Å². The second kappa shape index (κ2) is 7.19. The van der Waals surface area contributed by atoms with E-state index in [4.69, 9.17) is 4.98 Å². The van der Waals surface area contributed by atoms with Crippen molar-refractivity contribution in [1.29, 1.82) is 0 Å². The lowest BCUT2D eigenvalue weighted by Crippen LogP contribution is -2.41. The number of para-hydroxylation sites is 1. The van der Waals surface area contributed by atoms with E-state index in [1.165, 1.54) is 0 Å². The van der Waals surface area contributed by atoms with Crippen molar-refractivity contribution >= 4 is 16.8 Å². The molecule has 26 heavy (non-hydrogen) atoms. The van der Waals surface area contributed by atoms with E-state index in [0.29, 0.717) is 11.8 Å². The minimum atomic E-state index is 0.0173. The van der Waals surface area contributed by atoms with Gasteiger partial charge in [-0.15, -0.1) is 0 Å². The van der Waals surface area contributed by atoms with E-state index in [-0.39, 0.29) is 17.5 Å². The molecule has 3 heterocycles. The first kappa shape index (κ1) is 17.2. The normalized spacial score (nSPS) is 21.7. The van der Waals surface area contributed by atoms with Gasteiger partial charge in [0.25, 0.3) is 5.56 Å². The van der Waals surface area contributed by atoms with Crippen LogP contribution in [-0.4, -0.2) is 51.4 Å². The highest BCUT2D eigenvalue weighted by molar-refractivity contribution is 5.77. The van der Waals surface area contributed by atoms with E-state index in [1.54, 1.807) is 4.57 Å². The minimum absolute atomic E-state index is 0.0173. The first-order valence-corrected chi connectivity index (χ1v) is 9.62. The third-order valence-electron chi connectivity index (χ3n) is 5.76. The fourth-order valence-electron chi connectivity index (χ4n) is 4.27. The Bertz CT molecular complexity index is 876. The predicted octanol–water partition coefficient (Wildman–Crippen LogP) is 2.08. The van der Waals surface area contributed by atoms with Crippen molar-refractivity contribution < 1.29 is 4.79 Å². The molecule has 1 amide bonds. The SMILES string of the molecule is Cn1c(C2CCCN2CCN2CCCCC2=O)nc2ccccc2c1=O. The van der Waals surface area contributed by atoms with E-state index in [9.17, 15) is 9.59 Å². The third-order valence-corrected chi connectivity index (χ3v) is 5.76. The number of aromatic nitrogens is 2. The van der Waals surface area contributed by atoms with E-state index in [0.717, 1.165) is 63.2 Å². The van der Waals surface area contributed by atoms with Crippen molar-refractivity contribution in [1.82, 2.24) is 19.4 Å². The second-order valence-corrected chi connectivity index (χ2v) is 7.38. The number of amides is 1. The van der Waals surface area contributed by atoms with Gasteiger partial charge in [0.2, 0.25) is 5.91 Å². The summed E-state index contributed by atoms with van der Waals surface area (Å²) in [5.41, 5.74) is 0.785. The molecule has 6 heteroatoms. The zero-order chi connectivity index (χ0) is 18.1. The Labute approximate surface area is 153 Å². The standard InChI is InChI=1S/C20H26N4O2/c1-22-19(21-16-8-3-2-7-15(16)20(22)26)17-9-6-12-23(17)13-14-24-11-5-4-10-18(24)25/h2-3,7-8,17H,4-6,9-14H2,1H3. The highest BCUT2D eigenvalue weighted by Gasteiger charge is 2.30. The van der Waals surface area contributed by atoms with Crippen molar-refractivity contribution in [3.8, 4) is 0 Å². The molecular weight excluding hydrogens is 328 g/mol. The lowest BCUT2D eigenvalue weighted by molar-refractivity contribution is -0.133. The molecule has 0 aliphatic carbocycles. The van der Waals surface area contributed by atoms with Crippen LogP contribution >= 0.6 is 0 Å². The predicted molar refractivity (Wildman–Crippen MR) is 101 cm³/mol. The third kappa shape index (κ3) is 3.14. The van der Waals surface area contributed by atoms with E-state index in [2.05, 4.69) is 4.90 Å². The van der Waals surface area contributed by atoms with Gasteiger partial charge in [-0.2, -0.15) is 0 Å². The van der Waals surface area contributed by atoms with Crippen LogP contribution in [0.5, 0.6) is 0 Å². The smallest absolute Gasteiger partial charge is 0.261 e. The first-order valence-electron chi connectivity index (χ1n) is 9.62. The number of piperidine rings is 1. The van der Waals surface area contributed by atoms with Gasteiger partial charge in [0.05, 0.1) is 16.9 Å². The monoisotopic (exact) mass is 354 g/mol. The van der Waals surface area contributed by atoms with Crippen LogP contribution in [0.3, 0.4) is 0 Å². The lowest BCUT2D eigenvalue weighted by atomic mass is 10.1. The lowest BCUT2D eigenvalue weighted by Gasteiger charge is -2.31. The quantitative estimate of drug-likeness (QED) is 0.844. The van der Waals surface area contributed by atoms with E-state index in [1.807, 2.05) is 36.2 Å². The molecule has 2 aliphatic heterocycles. The van der Waals surface area contributed by atoms with Gasteiger partial charge in [0.15, 0.2) is 0 Å². The molecule has 1 aromatic heterocycles. The molecule has 1 aromatic carbocycles. The van der Waals surface area contributed by atoms with Crippen LogP contribution in [0.1, 0.15) is 44.0 Å². The number of nitrogens with zero attached hydrogens (tertiary/aromatic N) is 4. The summed E-state index contributed by atoms with van der Waals surface area (Å²) in [5, 5.41) is 0.669. The molecule has 6 nitrogen and oxygen atoms in total. The maximum Gasteiger partial charge on any atom is 0.261 e. The summed E-state index contributed by atoms with van der Waals surface area (Å²) >= 11 is 0. The number of carbonyl (C=O) groups is 1. The van der Waals surface area contributed by atoms with Gasteiger partial charge in [-0.25, -0.2) is 4.98 Å². The topological polar surface area (TPSA) is 58.4 Å². The number of hydrogen-bond acceptors (Lipinski definition) is 4. The maximum absolute atomic E-state index is 12.7. The van der Waals surface area contributed by atoms with E-state index < -0.39 is 0 Å². The fraction of sp³-hybridized carbons (Fsp3) is 0.550. The largest absolute Gasteiger partial charge is 0.341 e. The molecule has 138 valence electrons. The number of fused-ring (bicyclic) bond motifs is 1. The molecule has 0 radical (unpaired) electrons. The second-order valence-electron chi connectivity index (χ2n) is 7.38. The van der Waals surface area contributed by atoms with Crippen LogP contribution in [-0.2, 0) is 11.8 Å². The summed E-state index contributed by atoms with van der Waals surface area (Å²) in [6, 6.07) is 7.70. The Morgan fingerprint density at radius 1 is 1.08 bits per heavy atom. The molecule has 0 spiro atoms. The number of benzene rings is 1. The molecule has 4 rings (SSSR count). The van der Waals surface area contributed by atoms with Crippen LogP contribution in [0, 0.1) is 0 Å². The van der Waals surface area contributed by atoms with Crippen molar-refractivity contribution in [2.24, 2.45) is 7.05 Å². The van der Waals surface area contributed by atoms with Gasteiger partial charge >= 0.3 is 0 Å². The molecule has 1 unspecified atom stereocenters. The van der Waals surface area contributed by atoms with E-state index >= 15 is 0 Å². The Morgan fingerprint density at radius 2 is 1.92 bits per heavy atom. The Kier molecular flexibility index (Phi) is 4.76. The van der Waals surface area contributed by atoms with Gasteiger partial charge in [-0.1, -0.05) is 12.1 Å². The minimum Gasteiger partial charge on any atom is -0.341 e. The summed E-state index contributed by atoms with van der Waals surface area (Å²) in [6.07, 6.45) is 4.92. The summed E-state index contributed by atoms with van der Waals surface area (Å²) in [7, 11) is 1.82. The van der Waals surface area contributed by atoms with Crippen molar-refractivity contribution in [2.75, 3.05) is 26.2 Å². The summed E-state index contributed by atoms with van der Waals surface area (Å²) < 4.78 is 1.71. The van der Waals surface area contributed by atoms with Crippen LogP contribution < -0.4 is 5.56 Å².